The lowest BCUT2D eigenvalue weighted by atomic mass is 10.2. The van der Waals surface area contributed by atoms with Crippen LogP contribution in [0.1, 0.15) is 13.3 Å². The molecule has 0 saturated carbocycles. The number of methoxy groups -OCH3 is 1. The molecule has 0 saturated heterocycles. The molecular weight excluding hydrogens is 180 g/mol. The highest BCUT2D eigenvalue weighted by atomic mass is 35.5. The topological polar surface area (TPSA) is 35.5 Å². The third-order valence-electron chi connectivity index (χ3n) is 1.20. The Kier molecular flexibility index (Phi) is 6.81. The average Bonchev–Trinajstić information content (AvgIpc) is 2.10. The highest BCUT2D eigenvalue weighted by Crippen LogP contribution is 2.00. The van der Waals surface area contributed by atoms with Crippen molar-refractivity contribution in [3.05, 3.63) is 11.8 Å². The fraction of sp³-hybridized carbons (Fsp3) is 0.625. The lowest BCUT2D eigenvalue weighted by Crippen LogP contribution is -2.01. The van der Waals surface area contributed by atoms with Crippen LogP contribution in [-0.4, -0.2) is 25.6 Å². The SMILES string of the molecule is COCC/C(C)=C/OC(=O)CCl. The van der Waals surface area contributed by atoms with E-state index in [9.17, 15) is 4.79 Å². The van der Waals surface area contributed by atoms with E-state index in [1.165, 1.54) is 6.26 Å². The van der Waals surface area contributed by atoms with Crippen molar-refractivity contribution in [2.45, 2.75) is 13.3 Å². The quantitative estimate of drug-likeness (QED) is 0.378. The second-order valence-electron chi connectivity index (χ2n) is 2.33. The molecule has 0 aliphatic heterocycles. The second-order valence-corrected chi connectivity index (χ2v) is 2.60. The standard InChI is InChI=1S/C8H13ClO3/c1-7(3-4-11-2)6-12-8(10)5-9/h6H,3-5H2,1-2H3/b7-6+. The molecule has 0 aromatic rings. The molecule has 0 amide bonds. The molecule has 12 heavy (non-hydrogen) atoms. The maximum atomic E-state index is 10.6. The van der Waals surface area contributed by atoms with Crippen LogP contribution < -0.4 is 0 Å². The number of halogens is 1. The van der Waals surface area contributed by atoms with E-state index in [0.717, 1.165) is 12.0 Å². The van der Waals surface area contributed by atoms with Gasteiger partial charge in [-0.15, -0.1) is 11.6 Å². The third kappa shape index (κ3) is 6.19. The lowest BCUT2D eigenvalue weighted by Gasteiger charge is -1.99. The number of alkyl halides is 1. The van der Waals surface area contributed by atoms with Crippen molar-refractivity contribution >= 4 is 17.6 Å². The summed E-state index contributed by atoms with van der Waals surface area (Å²) in [7, 11) is 1.62. The van der Waals surface area contributed by atoms with Crippen molar-refractivity contribution in [3.63, 3.8) is 0 Å². The first-order chi connectivity index (χ1) is 5.70. The minimum atomic E-state index is -0.437. The monoisotopic (exact) mass is 192 g/mol. The largest absolute Gasteiger partial charge is 0.434 e. The van der Waals surface area contributed by atoms with E-state index >= 15 is 0 Å². The van der Waals surface area contributed by atoms with Gasteiger partial charge in [0, 0.05) is 7.11 Å². The van der Waals surface area contributed by atoms with Gasteiger partial charge < -0.3 is 9.47 Å². The number of hydrogen-bond acceptors (Lipinski definition) is 3. The van der Waals surface area contributed by atoms with Gasteiger partial charge in [-0.1, -0.05) is 0 Å². The molecule has 0 unspecified atom stereocenters. The maximum Gasteiger partial charge on any atom is 0.325 e. The number of esters is 1. The van der Waals surface area contributed by atoms with E-state index in [1.54, 1.807) is 7.11 Å². The number of hydrogen-bond donors (Lipinski definition) is 0. The van der Waals surface area contributed by atoms with Crippen LogP contribution in [0.15, 0.2) is 11.8 Å². The van der Waals surface area contributed by atoms with Crippen molar-refractivity contribution < 1.29 is 14.3 Å². The lowest BCUT2D eigenvalue weighted by molar-refractivity contribution is -0.135. The zero-order chi connectivity index (χ0) is 9.40. The maximum absolute atomic E-state index is 10.6. The number of carbonyl (C=O) groups is 1. The highest BCUT2D eigenvalue weighted by molar-refractivity contribution is 6.26. The molecule has 70 valence electrons. The minimum Gasteiger partial charge on any atom is -0.434 e. The Morgan fingerprint density at radius 3 is 2.75 bits per heavy atom. The highest BCUT2D eigenvalue weighted by Gasteiger charge is 1.96. The van der Waals surface area contributed by atoms with Crippen LogP contribution in [0.5, 0.6) is 0 Å². The smallest absolute Gasteiger partial charge is 0.325 e. The third-order valence-corrected chi connectivity index (χ3v) is 1.42. The van der Waals surface area contributed by atoms with Gasteiger partial charge in [0.05, 0.1) is 12.9 Å². The Hall–Kier alpha value is -0.540. The van der Waals surface area contributed by atoms with E-state index in [2.05, 4.69) is 4.74 Å². The van der Waals surface area contributed by atoms with Gasteiger partial charge in [0.15, 0.2) is 0 Å². The zero-order valence-corrected chi connectivity index (χ0v) is 8.06. The van der Waals surface area contributed by atoms with Crippen LogP contribution in [0.4, 0.5) is 0 Å². The van der Waals surface area contributed by atoms with Gasteiger partial charge in [0.25, 0.3) is 0 Å². The van der Waals surface area contributed by atoms with Crippen molar-refractivity contribution in [1.29, 1.82) is 0 Å². The summed E-state index contributed by atoms with van der Waals surface area (Å²) >= 11 is 5.21. The van der Waals surface area contributed by atoms with E-state index in [4.69, 9.17) is 16.3 Å². The Bertz CT molecular complexity index is 166. The minimum absolute atomic E-state index is 0.117. The van der Waals surface area contributed by atoms with Crippen LogP contribution in [-0.2, 0) is 14.3 Å². The molecule has 0 rings (SSSR count). The first-order valence-corrected chi connectivity index (χ1v) is 4.14. The van der Waals surface area contributed by atoms with Gasteiger partial charge in [-0.3, -0.25) is 4.79 Å². The number of rotatable bonds is 5. The molecule has 3 nitrogen and oxygen atoms in total. The summed E-state index contributed by atoms with van der Waals surface area (Å²) in [6.07, 6.45) is 2.16. The molecular formula is C8H13ClO3. The molecule has 0 bridgehead atoms. The molecule has 0 aliphatic rings. The summed E-state index contributed by atoms with van der Waals surface area (Å²) in [5, 5.41) is 0. The average molecular weight is 193 g/mol. The first-order valence-electron chi connectivity index (χ1n) is 3.60. The number of ether oxygens (including phenoxy) is 2. The summed E-state index contributed by atoms with van der Waals surface area (Å²) in [6.45, 7) is 2.49. The predicted octanol–water partition coefficient (Wildman–Crippen LogP) is 1.71. The summed E-state index contributed by atoms with van der Waals surface area (Å²) < 4.78 is 9.50. The van der Waals surface area contributed by atoms with Crippen LogP contribution in [0, 0.1) is 0 Å². The fourth-order valence-corrected chi connectivity index (χ4v) is 0.583. The predicted molar refractivity (Wildman–Crippen MR) is 47.1 cm³/mol. The van der Waals surface area contributed by atoms with Gasteiger partial charge in [-0.05, 0) is 18.9 Å². The van der Waals surface area contributed by atoms with Crippen molar-refractivity contribution in [2.24, 2.45) is 0 Å². The van der Waals surface area contributed by atoms with E-state index < -0.39 is 5.97 Å². The molecule has 0 spiro atoms. The molecule has 0 aromatic carbocycles. The van der Waals surface area contributed by atoms with Gasteiger partial charge in [-0.25, -0.2) is 0 Å². The molecule has 0 N–H and O–H groups in total. The van der Waals surface area contributed by atoms with E-state index in [1.807, 2.05) is 6.92 Å². The molecule has 0 radical (unpaired) electrons. The van der Waals surface area contributed by atoms with Crippen LogP contribution in [0.25, 0.3) is 0 Å². The Morgan fingerprint density at radius 2 is 2.25 bits per heavy atom. The van der Waals surface area contributed by atoms with Crippen LogP contribution in [0.2, 0.25) is 0 Å². The summed E-state index contributed by atoms with van der Waals surface area (Å²) in [5.74, 6) is -0.554. The molecule has 0 fully saturated rings. The Balaban J connectivity index is 3.60. The summed E-state index contributed by atoms with van der Waals surface area (Å²) in [4.78, 5) is 10.6. The molecule has 0 atom stereocenters. The Morgan fingerprint density at radius 1 is 1.58 bits per heavy atom. The molecule has 0 aliphatic carbocycles. The van der Waals surface area contributed by atoms with Crippen LogP contribution in [0.3, 0.4) is 0 Å². The molecule has 0 aromatic heterocycles. The first kappa shape index (κ1) is 11.5. The Labute approximate surface area is 77.3 Å². The van der Waals surface area contributed by atoms with Crippen molar-refractivity contribution in [3.8, 4) is 0 Å². The van der Waals surface area contributed by atoms with Gasteiger partial charge >= 0.3 is 5.97 Å². The van der Waals surface area contributed by atoms with Gasteiger partial charge in [0.2, 0.25) is 0 Å². The second kappa shape index (κ2) is 7.13. The summed E-state index contributed by atoms with van der Waals surface area (Å²) in [5.41, 5.74) is 0.954. The molecule has 4 heteroatoms. The molecule has 0 heterocycles. The van der Waals surface area contributed by atoms with Crippen molar-refractivity contribution in [2.75, 3.05) is 19.6 Å². The van der Waals surface area contributed by atoms with E-state index in [-0.39, 0.29) is 5.88 Å². The van der Waals surface area contributed by atoms with Crippen LogP contribution >= 0.6 is 11.6 Å². The van der Waals surface area contributed by atoms with Gasteiger partial charge in [0.1, 0.15) is 5.88 Å². The number of carbonyl (C=O) groups excluding carboxylic acids is 1. The summed E-state index contributed by atoms with van der Waals surface area (Å²) in [6, 6.07) is 0. The van der Waals surface area contributed by atoms with Gasteiger partial charge in [-0.2, -0.15) is 0 Å². The zero-order valence-electron chi connectivity index (χ0n) is 7.30. The fourth-order valence-electron chi connectivity index (χ4n) is 0.520. The normalized spacial score (nSPS) is 11.4. The van der Waals surface area contributed by atoms with E-state index in [0.29, 0.717) is 6.61 Å². The van der Waals surface area contributed by atoms with Crippen molar-refractivity contribution in [1.82, 2.24) is 0 Å².